The van der Waals surface area contributed by atoms with E-state index >= 15 is 0 Å². The maximum Gasteiger partial charge on any atom is 0.164 e. The van der Waals surface area contributed by atoms with Crippen LogP contribution in [0.5, 0.6) is 0 Å². The highest BCUT2D eigenvalue weighted by Crippen LogP contribution is 2.21. The van der Waals surface area contributed by atoms with Gasteiger partial charge in [0, 0.05) is 12.0 Å². The molecule has 2 nitrogen and oxygen atoms in total. The second-order valence-corrected chi connectivity index (χ2v) is 5.09. The first-order chi connectivity index (χ1) is 9.60. The molecule has 0 aliphatic rings. The number of hydrogen-bond acceptors (Lipinski definition) is 2. The van der Waals surface area contributed by atoms with Gasteiger partial charge in [-0.25, -0.2) is 0 Å². The maximum atomic E-state index is 12.2. The van der Waals surface area contributed by atoms with Gasteiger partial charge in [-0.3, -0.25) is 4.79 Å². The lowest BCUT2D eigenvalue weighted by Crippen LogP contribution is -2.06. The van der Waals surface area contributed by atoms with Crippen LogP contribution in [0.3, 0.4) is 0 Å². The van der Waals surface area contributed by atoms with E-state index in [1.165, 1.54) is 0 Å². The number of nitriles is 1. The van der Waals surface area contributed by atoms with E-state index in [1.807, 2.05) is 62.4 Å². The average Bonchev–Trinajstić information content (AvgIpc) is 2.46. The molecule has 2 heteroatoms. The van der Waals surface area contributed by atoms with Crippen molar-refractivity contribution in [1.29, 1.82) is 5.26 Å². The molecule has 0 aromatic heterocycles. The lowest BCUT2D eigenvalue weighted by atomic mass is 9.92. The van der Waals surface area contributed by atoms with Gasteiger partial charge < -0.3 is 0 Å². The minimum absolute atomic E-state index is 0.0112. The van der Waals surface area contributed by atoms with Crippen LogP contribution in [0, 0.1) is 25.2 Å². The molecular weight excluding hydrogens is 246 g/mol. The van der Waals surface area contributed by atoms with E-state index in [-0.39, 0.29) is 18.1 Å². The zero-order chi connectivity index (χ0) is 14.5. The molecule has 0 saturated heterocycles. The molecule has 0 fully saturated rings. The molecule has 0 heterocycles. The second kappa shape index (κ2) is 6.16. The van der Waals surface area contributed by atoms with Crippen LogP contribution in [0.1, 0.15) is 39.4 Å². The number of rotatable bonds is 4. The van der Waals surface area contributed by atoms with Crippen LogP contribution in [-0.2, 0) is 0 Å². The predicted octanol–water partition coefficient (Wildman–Crippen LogP) is 4.18. The topological polar surface area (TPSA) is 40.9 Å². The number of carbonyl (C=O) groups is 1. The Kier molecular flexibility index (Phi) is 4.32. The van der Waals surface area contributed by atoms with Gasteiger partial charge in [0.25, 0.3) is 0 Å². The molecule has 0 amide bonds. The highest BCUT2D eigenvalue weighted by molar-refractivity contribution is 5.96. The van der Waals surface area contributed by atoms with Gasteiger partial charge in [0.15, 0.2) is 5.78 Å². The van der Waals surface area contributed by atoms with Crippen molar-refractivity contribution in [2.45, 2.75) is 26.2 Å². The second-order valence-electron chi connectivity index (χ2n) is 5.09. The van der Waals surface area contributed by atoms with Crippen molar-refractivity contribution in [2.24, 2.45) is 0 Å². The van der Waals surface area contributed by atoms with E-state index in [4.69, 9.17) is 0 Å². The quantitative estimate of drug-likeness (QED) is 0.776. The predicted molar refractivity (Wildman–Crippen MR) is 79.7 cm³/mol. The smallest absolute Gasteiger partial charge is 0.164 e. The molecule has 0 aliphatic carbocycles. The van der Waals surface area contributed by atoms with Crippen molar-refractivity contribution in [3.05, 3.63) is 70.8 Å². The average molecular weight is 263 g/mol. The summed E-state index contributed by atoms with van der Waals surface area (Å²) in [4.78, 5) is 12.2. The zero-order valence-corrected chi connectivity index (χ0v) is 11.8. The summed E-state index contributed by atoms with van der Waals surface area (Å²) in [7, 11) is 0. The molecule has 0 radical (unpaired) electrons. The standard InChI is InChI=1S/C18H17NO/c1-13-3-7-15(8-4-13)17(12-19)11-18(20)16-9-5-14(2)6-10-16/h3-10,17H,11H2,1-2H3. The summed E-state index contributed by atoms with van der Waals surface area (Å²) in [5.74, 6) is -0.374. The van der Waals surface area contributed by atoms with Crippen molar-refractivity contribution in [3.63, 3.8) is 0 Å². The van der Waals surface area contributed by atoms with Crippen molar-refractivity contribution in [1.82, 2.24) is 0 Å². The molecular formula is C18H17NO. The van der Waals surface area contributed by atoms with Gasteiger partial charge in [0.05, 0.1) is 12.0 Å². The van der Waals surface area contributed by atoms with E-state index in [0.29, 0.717) is 5.56 Å². The molecule has 100 valence electrons. The first-order valence-electron chi connectivity index (χ1n) is 6.66. The Morgan fingerprint density at radius 2 is 1.50 bits per heavy atom. The molecule has 0 saturated carbocycles. The van der Waals surface area contributed by atoms with Crippen molar-refractivity contribution < 1.29 is 4.79 Å². The molecule has 0 bridgehead atoms. The molecule has 20 heavy (non-hydrogen) atoms. The molecule has 0 aliphatic heterocycles. The van der Waals surface area contributed by atoms with Gasteiger partial charge in [-0.2, -0.15) is 5.26 Å². The van der Waals surface area contributed by atoms with E-state index in [0.717, 1.165) is 16.7 Å². The molecule has 1 atom stereocenters. The van der Waals surface area contributed by atoms with Crippen LogP contribution in [0.2, 0.25) is 0 Å². The zero-order valence-electron chi connectivity index (χ0n) is 11.8. The van der Waals surface area contributed by atoms with Gasteiger partial charge in [0.2, 0.25) is 0 Å². The third-order valence-electron chi connectivity index (χ3n) is 3.40. The van der Waals surface area contributed by atoms with Crippen LogP contribution >= 0.6 is 0 Å². The van der Waals surface area contributed by atoms with Crippen LogP contribution in [-0.4, -0.2) is 5.78 Å². The number of nitrogens with zero attached hydrogens (tertiary/aromatic N) is 1. The summed E-state index contributed by atoms with van der Waals surface area (Å²) in [6.07, 6.45) is 0.225. The lowest BCUT2D eigenvalue weighted by Gasteiger charge is -2.09. The van der Waals surface area contributed by atoms with E-state index in [9.17, 15) is 10.1 Å². The van der Waals surface area contributed by atoms with Gasteiger partial charge in [-0.15, -0.1) is 0 Å². The van der Waals surface area contributed by atoms with Crippen molar-refractivity contribution in [3.8, 4) is 6.07 Å². The summed E-state index contributed by atoms with van der Waals surface area (Å²) in [5.41, 5.74) is 3.84. The fourth-order valence-corrected chi connectivity index (χ4v) is 2.08. The van der Waals surface area contributed by atoms with Gasteiger partial charge in [-0.1, -0.05) is 59.7 Å². The molecule has 0 spiro atoms. The summed E-state index contributed by atoms with van der Waals surface area (Å²) in [6, 6.07) is 17.5. The van der Waals surface area contributed by atoms with E-state index in [2.05, 4.69) is 6.07 Å². The summed E-state index contributed by atoms with van der Waals surface area (Å²) < 4.78 is 0. The number of benzene rings is 2. The molecule has 0 N–H and O–H groups in total. The number of ketones is 1. The molecule has 1 unspecified atom stereocenters. The van der Waals surface area contributed by atoms with Crippen LogP contribution in [0.25, 0.3) is 0 Å². The van der Waals surface area contributed by atoms with Crippen molar-refractivity contribution >= 4 is 5.78 Å². The number of hydrogen-bond donors (Lipinski definition) is 0. The summed E-state index contributed by atoms with van der Waals surface area (Å²) in [6.45, 7) is 3.99. The highest BCUT2D eigenvalue weighted by atomic mass is 16.1. The highest BCUT2D eigenvalue weighted by Gasteiger charge is 2.16. The van der Waals surface area contributed by atoms with Gasteiger partial charge >= 0.3 is 0 Å². The third-order valence-corrected chi connectivity index (χ3v) is 3.40. The largest absolute Gasteiger partial charge is 0.294 e. The van der Waals surface area contributed by atoms with Crippen LogP contribution in [0.4, 0.5) is 0 Å². The Balaban J connectivity index is 2.14. The number of Topliss-reactive ketones (excluding diaryl/α,β-unsaturated/α-hetero) is 1. The van der Waals surface area contributed by atoms with Crippen LogP contribution in [0.15, 0.2) is 48.5 Å². The fraction of sp³-hybridized carbons (Fsp3) is 0.222. The molecule has 2 aromatic carbocycles. The van der Waals surface area contributed by atoms with Gasteiger partial charge in [-0.05, 0) is 19.4 Å². The molecule has 2 rings (SSSR count). The summed E-state index contributed by atoms with van der Waals surface area (Å²) in [5, 5.41) is 9.29. The SMILES string of the molecule is Cc1ccc(C(=O)CC(C#N)c2ccc(C)cc2)cc1. The third kappa shape index (κ3) is 3.33. The number of aryl methyl sites for hydroxylation is 2. The van der Waals surface area contributed by atoms with Gasteiger partial charge in [0.1, 0.15) is 0 Å². The summed E-state index contributed by atoms with van der Waals surface area (Å²) >= 11 is 0. The minimum atomic E-state index is -0.385. The first-order valence-corrected chi connectivity index (χ1v) is 6.66. The number of carbonyl (C=O) groups excluding carboxylic acids is 1. The Labute approximate surface area is 119 Å². The van der Waals surface area contributed by atoms with Crippen molar-refractivity contribution in [2.75, 3.05) is 0 Å². The Hall–Kier alpha value is -2.40. The molecule has 2 aromatic rings. The lowest BCUT2D eigenvalue weighted by molar-refractivity contribution is 0.0979. The normalized spacial score (nSPS) is 11.7. The first kappa shape index (κ1) is 14.0. The Morgan fingerprint density at radius 3 is 2.00 bits per heavy atom. The maximum absolute atomic E-state index is 12.2. The monoisotopic (exact) mass is 263 g/mol. The van der Waals surface area contributed by atoms with Crippen LogP contribution < -0.4 is 0 Å². The minimum Gasteiger partial charge on any atom is -0.294 e. The van der Waals surface area contributed by atoms with E-state index < -0.39 is 0 Å². The Morgan fingerprint density at radius 1 is 1.00 bits per heavy atom. The van der Waals surface area contributed by atoms with E-state index in [1.54, 1.807) is 0 Å². The fourth-order valence-electron chi connectivity index (χ4n) is 2.08. The Bertz CT molecular complexity index is 633.